The quantitative estimate of drug-likeness (QED) is 0.806. The fraction of sp³-hybridized carbons (Fsp3) is 0.733. The molecule has 0 aliphatic carbocycles. The number of hydrogen-bond donors (Lipinski definition) is 1. The number of aryl methyl sites for hydroxylation is 1. The molecule has 0 aliphatic rings. The minimum Gasteiger partial charge on any atom is -0.475 e. The van der Waals surface area contributed by atoms with Crippen molar-refractivity contribution in [2.75, 3.05) is 11.9 Å². The van der Waals surface area contributed by atoms with Gasteiger partial charge in [0.15, 0.2) is 0 Å². The normalized spacial score (nSPS) is 13.4. The standard InChI is InChI=1S/C15H26ClN3O/c1-10(2)20-13-7-11(3)18-14(19-13)17-9-12(16)8-15(4,5)6/h7,10,12H,8-9H2,1-6H3,(H,17,18,19). The molecule has 0 saturated heterocycles. The zero-order valence-electron chi connectivity index (χ0n) is 13.3. The zero-order chi connectivity index (χ0) is 15.3. The molecule has 5 heteroatoms. The van der Waals surface area contributed by atoms with Gasteiger partial charge in [-0.05, 0) is 32.6 Å². The summed E-state index contributed by atoms with van der Waals surface area (Å²) in [4.78, 5) is 8.69. The highest BCUT2D eigenvalue weighted by Crippen LogP contribution is 2.23. The number of aromatic nitrogens is 2. The van der Waals surface area contributed by atoms with Crippen LogP contribution in [0.3, 0.4) is 0 Å². The first-order chi connectivity index (χ1) is 9.15. The van der Waals surface area contributed by atoms with Gasteiger partial charge in [0.25, 0.3) is 0 Å². The third-order valence-electron chi connectivity index (χ3n) is 2.50. The van der Waals surface area contributed by atoms with Crippen molar-refractivity contribution in [3.8, 4) is 5.88 Å². The topological polar surface area (TPSA) is 47.0 Å². The van der Waals surface area contributed by atoms with E-state index in [1.807, 2.05) is 26.8 Å². The van der Waals surface area contributed by atoms with Crippen LogP contribution >= 0.6 is 11.6 Å². The highest BCUT2D eigenvalue weighted by molar-refractivity contribution is 6.20. The SMILES string of the molecule is Cc1cc(OC(C)C)nc(NCC(Cl)CC(C)(C)C)n1. The fourth-order valence-electron chi connectivity index (χ4n) is 1.86. The van der Waals surface area contributed by atoms with Crippen molar-refractivity contribution in [3.05, 3.63) is 11.8 Å². The first-order valence-corrected chi connectivity index (χ1v) is 7.49. The molecular weight excluding hydrogens is 274 g/mol. The molecule has 0 radical (unpaired) electrons. The van der Waals surface area contributed by atoms with Gasteiger partial charge in [0.1, 0.15) is 0 Å². The van der Waals surface area contributed by atoms with Gasteiger partial charge < -0.3 is 10.1 Å². The molecule has 1 N–H and O–H groups in total. The lowest BCUT2D eigenvalue weighted by molar-refractivity contribution is 0.232. The molecule has 0 amide bonds. The average Bonchev–Trinajstić information content (AvgIpc) is 2.22. The molecule has 0 aromatic carbocycles. The molecule has 0 fully saturated rings. The van der Waals surface area contributed by atoms with Crippen molar-refractivity contribution in [1.29, 1.82) is 0 Å². The van der Waals surface area contributed by atoms with Gasteiger partial charge in [-0.25, -0.2) is 4.98 Å². The predicted octanol–water partition coefficient (Wildman–Crippen LogP) is 4.03. The molecule has 0 bridgehead atoms. The second-order valence-corrected chi connectivity index (χ2v) is 7.20. The minimum absolute atomic E-state index is 0.0496. The van der Waals surface area contributed by atoms with E-state index in [2.05, 4.69) is 36.1 Å². The van der Waals surface area contributed by atoms with Crippen LogP contribution < -0.4 is 10.1 Å². The average molecular weight is 300 g/mol. The van der Waals surface area contributed by atoms with E-state index in [4.69, 9.17) is 16.3 Å². The largest absolute Gasteiger partial charge is 0.475 e. The van der Waals surface area contributed by atoms with Crippen molar-refractivity contribution in [1.82, 2.24) is 9.97 Å². The van der Waals surface area contributed by atoms with Gasteiger partial charge in [-0.1, -0.05) is 20.8 Å². The van der Waals surface area contributed by atoms with Crippen molar-refractivity contribution in [3.63, 3.8) is 0 Å². The number of ether oxygens (including phenoxy) is 1. The van der Waals surface area contributed by atoms with E-state index >= 15 is 0 Å². The van der Waals surface area contributed by atoms with Gasteiger partial charge in [-0.2, -0.15) is 4.98 Å². The van der Waals surface area contributed by atoms with Crippen LogP contribution in [0.5, 0.6) is 5.88 Å². The van der Waals surface area contributed by atoms with Crippen LogP contribution in [0.1, 0.15) is 46.7 Å². The highest BCUT2D eigenvalue weighted by Gasteiger charge is 2.17. The zero-order valence-corrected chi connectivity index (χ0v) is 14.1. The first-order valence-electron chi connectivity index (χ1n) is 7.06. The lowest BCUT2D eigenvalue weighted by Crippen LogP contribution is -2.22. The van der Waals surface area contributed by atoms with E-state index in [0.717, 1.165) is 12.1 Å². The van der Waals surface area contributed by atoms with Gasteiger partial charge >= 0.3 is 0 Å². The molecule has 4 nitrogen and oxygen atoms in total. The van der Waals surface area contributed by atoms with Crippen molar-refractivity contribution >= 4 is 17.5 Å². The summed E-state index contributed by atoms with van der Waals surface area (Å²) < 4.78 is 5.60. The van der Waals surface area contributed by atoms with E-state index < -0.39 is 0 Å². The molecule has 0 spiro atoms. The Morgan fingerprint density at radius 2 is 1.95 bits per heavy atom. The van der Waals surface area contributed by atoms with Gasteiger partial charge in [0.05, 0.1) is 11.5 Å². The summed E-state index contributed by atoms with van der Waals surface area (Å²) in [5.41, 5.74) is 1.09. The second-order valence-electron chi connectivity index (χ2n) is 6.58. The summed E-state index contributed by atoms with van der Waals surface area (Å²) >= 11 is 6.33. The Hall–Kier alpha value is -1.03. The highest BCUT2D eigenvalue weighted by atomic mass is 35.5. The maximum Gasteiger partial charge on any atom is 0.226 e. The van der Waals surface area contributed by atoms with Crippen LogP contribution in [0.2, 0.25) is 0 Å². The van der Waals surface area contributed by atoms with Crippen molar-refractivity contribution in [2.45, 2.75) is 59.4 Å². The summed E-state index contributed by atoms with van der Waals surface area (Å²) in [5, 5.41) is 3.24. The molecule has 20 heavy (non-hydrogen) atoms. The number of nitrogens with one attached hydrogen (secondary N) is 1. The molecule has 1 aromatic rings. The Bertz CT molecular complexity index is 430. The predicted molar refractivity (Wildman–Crippen MR) is 84.7 cm³/mol. The lowest BCUT2D eigenvalue weighted by atomic mass is 9.90. The maximum absolute atomic E-state index is 6.33. The van der Waals surface area contributed by atoms with Gasteiger partial charge in [0, 0.05) is 18.3 Å². The van der Waals surface area contributed by atoms with Crippen LogP contribution in [0, 0.1) is 12.3 Å². The Morgan fingerprint density at radius 1 is 1.30 bits per heavy atom. The van der Waals surface area contributed by atoms with Crippen LogP contribution in [0.15, 0.2) is 6.07 Å². The summed E-state index contributed by atoms with van der Waals surface area (Å²) in [6.07, 6.45) is 1.03. The number of anilines is 1. The van der Waals surface area contributed by atoms with Crippen molar-refractivity contribution < 1.29 is 4.74 Å². The first kappa shape index (κ1) is 17.0. The minimum atomic E-state index is 0.0496. The fourth-order valence-corrected chi connectivity index (χ4v) is 2.40. The van der Waals surface area contributed by atoms with Crippen LogP contribution in [0.4, 0.5) is 5.95 Å². The van der Waals surface area contributed by atoms with Crippen molar-refractivity contribution in [2.24, 2.45) is 5.41 Å². The molecule has 114 valence electrons. The molecule has 1 rings (SSSR count). The summed E-state index contributed by atoms with van der Waals surface area (Å²) in [5.74, 6) is 1.16. The van der Waals surface area contributed by atoms with Gasteiger partial charge in [0.2, 0.25) is 11.8 Å². The Balaban J connectivity index is 2.61. The molecule has 1 atom stereocenters. The molecule has 1 unspecified atom stereocenters. The third-order valence-corrected chi connectivity index (χ3v) is 2.81. The lowest BCUT2D eigenvalue weighted by Gasteiger charge is -2.22. The second kappa shape index (κ2) is 7.11. The maximum atomic E-state index is 6.33. The molecule has 0 saturated carbocycles. The number of halogens is 1. The molecular formula is C15H26ClN3O. The van der Waals surface area contributed by atoms with Gasteiger partial charge in [-0.15, -0.1) is 11.6 Å². The van der Waals surface area contributed by atoms with E-state index in [1.165, 1.54) is 0 Å². The van der Waals surface area contributed by atoms with E-state index in [1.54, 1.807) is 0 Å². The summed E-state index contributed by atoms with van der Waals surface area (Å²) in [7, 11) is 0. The molecule has 0 aliphatic heterocycles. The van der Waals surface area contributed by atoms with Crippen LogP contribution in [-0.4, -0.2) is 28.0 Å². The molecule has 1 aromatic heterocycles. The monoisotopic (exact) mass is 299 g/mol. The summed E-state index contributed by atoms with van der Waals surface area (Å²) in [6.45, 7) is 13.1. The third kappa shape index (κ3) is 6.94. The van der Waals surface area contributed by atoms with Crippen LogP contribution in [-0.2, 0) is 0 Å². The number of rotatable bonds is 6. The number of hydrogen-bond acceptors (Lipinski definition) is 4. The Morgan fingerprint density at radius 3 is 2.50 bits per heavy atom. The van der Waals surface area contributed by atoms with Crippen LogP contribution in [0.25, 0.3) is 0 Å². The number of nitrogens with zero attached hydrogens (tertiary/aromatic N) is 2. The Kier molecular flexibility index (Phi) is 6.06. The van der Waals surface area contributed by atoms with E-state index in [9.17, 15) is 0 Å². The van der Waals surface area contributed by atoms with E-state index in [0.29, 0.717) is 18.4 Å². The smallest absolute Gasteiger partial charge is 0.226 e. The Labute approximate surface area is 127 Å². The van der Waals surface area contributed by atoms with Gasteiger partial charge in [-0.3, -0.25) is 0 Å². The summed E-state index contributed by atoms with van der Waals surface area (Å²) in [6, 6.07) is 1.83. The van der Waals surface area contributed by atoms with E-state index in [-0.39, 0.29) is 16.9 Å². The molecule has 1 heterocycles. The number of alkyl halides is 1.